The quantitative estimate of drug-likeness (QED) is 0.754. The summed E-state index contributed by atoms with van der Waals surface area (Å²) >= 11 is 0. The van der Waals surface area contributed by atoms with Gasteiger partial charge in [-0.25, -0.2) is 4.39 Å². The Morgan fingerprint density at radius 1 is 1.28 bits per heavy atom. The molecular weight excluding hydrogens is 235 g/mol. The number of nitrogens with zero attached hydrogens (tertiary/aromatic N) is 1. The second-order valence-corrected chi connectivity index (χ2v) is 4.08. The molecule has 2 heterocycles. The van der Waals surface area contributed by atoms with Crippen LogP contribution in [0.15, 0.2) is 33.1 Å². The van der Waals surface area contributed by atoms with Crippen molar-refractivity contribution in [2.24, 2.45) is 0 Å². The highest BCUT2D eigenvalue weighted by molar-refractivity contribution is 5.82. The van der Waals surface area contributed by atoms with Crippen molar-refractivity contribution in [1.82, 2.24) is 4.98 Å². The molecule has 3 aromatic rings. The lowest BCUT2D eigenvalue weighted by molar-refractivity contribution is 0.532. The van der Waals surface area contributed by atoms with Crippen molar-refractivity contribution < 1.29 is 13.2 Å². The number of anilines is 1. The zero-order chi connectivity index (χ0) is 12.7. The first-order valence-corrected chi connectivity index (χ1v) is 5.53. The Hall–Kier alpha value is -2.30. The molecular formula is C13H11FN2O2. The van der Waals surface area contributed by atoms with Gasteiger partial charge in [0.2, 0.25) is 11.5 Å². The number of rotatable bonds is 2. The number of nitrogens with two attached hydrogens (primary N) is 1. The lowest BCUT2D eigenvalue weighted by Crippen LogP contribution is -1.92. The van der Waals surface area contributed by atoms with E-state index >= 15 is 0 Å². The molecule has 0 radical (unpaired) electrons. The zero-order valence-corrected chi connectivity index (χ0v) is 9.74. The minimum Gasteiger partial charge on any atom is -0.438 e. The fourth-order valence-corrected chi connectivity index (χ4v) is 1.83. The molecule has 5 heteroatoms. The van der Waals surface area contributed by atoms with Crippen LogP contribution in [0.4, 0.5) is 10.1 Å². The van der Waals surface area contributed by atoms with Crippen molar-refractivity contribution in [2.45, 2.75) is 13.3 Å². The molecule has 2 aromatic heterocycles. The fourth-order valence-electron chi connectivity index (χ4n) is 1.83. The van der Waals surface area contributed by atoms with Crippen LogP contribution >= 0.6 is 0 Å². The van der Waals surface area contributed by atoms with Gasteiger partial charge in [0.25, 0.3) is 5.71 Å². The van der Waals surface area contributed by atoms with Crippen molar-refractivity contribution in [1.29, 1.82) is 0 Å². The standard InChI is InChI=1S/C13H11FN2O2/c1-7-11(15)12-13(17-7)16-10(18-12)6-8-4-2-3-5-9(8)14/h2-5H,6,15H2,1H3. The van der Waals surface area contributed by atoms with Crippen molar-refractivity contribution in [2.75, 3.05) is 5.73 Å². The molecule has 0 aliphatic heterocycles. The minimum atomic E-state index is -0.281. The second-order valence-electron chi connectivity index (χ2n) is 4.08. The van der Waals surface area contributed by atoms with Crippen LogP contribution < -0.4 is 5.73 Å². The average molecular weight is 246 g/mol. The van der Waals surface area contributed by atoms with Gasteiger partial charge in [0.15, 0.2) is 0 Å². The molecule has 18 heavy (non-hydrogen) atoms. The fraction of sp³-hybridized carbons (Fsp3) is 0.154. The second kappa shape index (κ2) is 3.87. The van der Waals surface area contributed by atoms with Gasteiger partial charge in [-0.15, -0.1) is 0 Å². The SMILES string of the molecule is Cc1oc2nc(Cc3ccccc3F)oc2c1N. The summed E-state index contributed by atoms with van der Waals surface area (Å²) in [7, 11) is 0. The predicted octanol–water partition coefficient (Wildman–Crippen LogP) is 3.04. The monoisotopic (exact) mass is 246 g/mol. The van der Waals surface area contributed by atoms with Gasteiger partial charge in [0.05, 0.1) is 6.42 Å². The summed E-state index contributed by atoms with van der Waals surface area (Å²) in [5.74, 6) is 0.686. The Morgan fingerprint density at radius 2 is 2.06 bits per heavy atom. The van der Waals surface area contributed by atoms with Crippen LogP contribution in [-0.2, 0) is 6.42 Å². The Labute approximate surface area is 102 Å². The van der Waals surface area contributed by atoms with Crippen LogP contribution in [0.1, 0.15) is 17.2 Å². The number of aromatic nitrogens is 1. The summed E-state index contributed by atoms with van der Waals surface area (Å²) in [6.07, 6.45) is 0.273. The van der Waals surface area contributed by atoms with Crippen LogP contribution in [0.5, 0.6) is 0 Å². The molecule has 2 N–H and O–H groups in total. The van der Waals surface area contributed by atoms with Crippen molar-refractivity contribution >= 4 is 17.0 Å². The van der Waals surface area contributed by atoms with Crippen LogP contribution in [0.2, 0.25) is 0 Å². The van der Waals surface area contributed by atoms with E-state index in [0.29, 0.717) is 34.2 Å². The van der Waals surface area contributed by atoms with Crippen molar-refractivity contribution in [3.63, 3.8) is 0 Å². The summed E-state index contributed by atoms with van der Waals surface area (Å²) in [4.78, 5) is 4.15. The van der Waals surface area contributed by atoms with Crippen LogP contribution in [0.3, 0.4) is 0 Å². The summed E-state index contributed by atoms with van der Waals surface area (Å²) < 4.78 is 24.3. The predicted molar refractivity (Wildman–Crippen MR) is 64.6 cm³/mol. The van der Waals surface area contributed by atoms with Crippen LogP contribution in [-0.4, -0.2) is 4.98 Å². The highest BCUT2D eigenvalue weighted by Gasteiger charge is 2.16. The van der Waals surface area contributed by atoms with Crippen molar-refractivity contribution in [3.05, 3.63) is 47.3 Å². The highest BCUT2D eigenvalue weighted by Crippen LogP contribution is 2.28. The molecule has 1 aromatic carbocycles. The van der Waals surface area contributed by atoms with Gasteiger partial charge in [-0.2, -0.15) is 4.98 Å². The lowest BCUT2D eigenvalue weighted by Gasteiger charge is -1.98. The summed E-state index contributed by atoms with van der Waals surface area (Å²) in [5.41, 5.74) is 7.53. The molecule has 4 nitrogen and oxygen atoms in total. The Bertz CT molecular complexity index is 715. The molecule has 3 rings (SSSR count). The Kier molecular flexibility index (Phi) is 2.33. The van der Waals surface area contributed by atoms with E-state index in [-0.39, 0.29) is 12.2 Å². The molecule has 0 saturated carbocycles. The molecule has 0 spiro atoms. The maximum absolute atomic E-state index is 13.5. The maximum Gasteiger partial charge on any atom is 0.268 e. The highest BCUT2D eigenvalue weighted by atomic mass is 19.1. The zero-order valence-electron chi connectivity index (χ0n) is 9.74. The third kappa shape index (κ3) is 1.64. The largest absolute Gasteiger partial charge is 0.438 e. The first kappa shape index (κ1) is 10.8. The number of aryl methyl sites for hydroxylation is 1. The Balaban J connectivity index is 1.98. The van der Waals surface area contributed by atoms with E-state index in [4.69, 9.17) is 14.6 Å². The number of hydrogen-bond acceptors (Lipinski definition) is 4. The van der Waals surface area contributed by atoms with Gasteiger partial charge < -0.3 is 14.6 Å². The number of halogens is 1. The van der Waals surface area contributed by atoms with Gasteiger partial charge in [-0.1, -0.05) is 18.2 Å². The van der Waals surface area contributed by atoms with E-state index in [1.165, 1.54) is 6.07 Å². The maximum atomic E-state index is 13.5. The molecule has 0 aliphatic rings. The van der Waals surface area contributed by atoms with Crippen LogP contribution in [0.25, 0.3) is 11.3 Å². The molecule has 0 saturated heterocycles. The number of hydrogen-bond donors (Lipinski definition) is 1. The van der Waals surface area contributed by atoms with Gasteiger partial charge in [-0.3, -0.25) is 0 Å². The minimum absolute atomic E-state index is 0.273. The number of nitrogen functional groups attached to an aromatic ring is 1. The number of fused-ring (bicyclic) bond motifs is 1. The van der Waals surface area contributed by atoms with Gasteiger partial charge >= 0.3 is 0 Å². The number of oxazole rings is 1. The molecule has 0 fully saturated rings. The summed E-state index contributed by atoms with van der Waals surface area (Å²) in [6.45, 7) is 1.74. The third-order valence-corrected chi connectivity index (χ3v) is 2.81. The molecule has 0 atom stereocenters. The molecule has 0 amide bonds. The van der Waals surface area contributed by atoms with Crippen LogP contribution in [0, 0.1) is 12.7 Å². The summed E-state index contributed by atoms with van der Waals surface area (Å²) in [5, 5.41) is 0. The summed E-state index contributed by atoms with van der Waals surface area (Å²) in [6, 6.07) is 6.50. The Morgan fingerprint density at radius 3 is 2.78 bits per heavy atom. The smallest absolute Gasteiger partial charge is 0.268 e. The normalized spacial score (nSPS) is 11.2. The first-order valence-electron chi connectivity index (χ1n) is 5.53. The van der Waals surface area contributed by atoms with Gasteiger partial charge in [0, 0.05) is 0 Å². The molecule has 92 valence electrons. The van der Waals surface area contributed by atoms with Gasteiger partial charge in [0.1, 0.15) is 17.3 Å². The lowest BCUT2D eigenvalue weighted by atomic mass is 10.1. The van der Waals surface area contributed by atoms with E-state index in [1.54, 1.807) is 25.1 Å². The topological polar surface area (TPSA) is 65.2 Å². The van der Waals surface area contributed by atoms with E-state index in [9.17, 15) is 4.39 Å². The third-order valence-electron chi connectivity index (χ3n) is 2.81. The van der Waals surface area contributed by atoms with Gasteiger partial charge in [-0.05, 0) is 18.6 Å². The van der Waals surface area contributed by atoms with E-state index in [0.717, 1.165) is 0 Å². The van der Waals surface area contributed by atoms with E-state index in [1.807, 2.05) is 0 Å². The average Bonchev–Trinajstić information content (AvgIpc) is 2.84. The van der Waals surface area contributed by atoms with E-state index < -0.39 is 0 Å². The first-order chi connectivity index (χ1) is 8.65. The number of furan rings is 1. The molecule has 0 bridgehead atoms. The molecule has 0 unspecified atom stereocenters. The number of benzene rings is 1. The van der Waals surface area contributed by atoms with Crippen molar-refractivity contribution in [3.8, 4) is 0 Å². The van der Waals surface area contributed by atoms with E-state index in [2.05, 4.69) is 4.98 Å². The molecule has 0 aliphatic carbocycles.